The van der Waals surface area contributed by atoms with Gasteiger partial charge in [0.05, 0.1) is 11.5 Å². The van der Waals surface area contributed by atoms with Crippen LogP contribution < -0.4 is 9.46 Å². The van der Waals surface area contributed by atoms with Crippen molar-refractivity contribution in [1.29, 1.82) is 0 Å². The van der Waals surface area contributed by atoms with Gasteiger partial charge < -0.3 is 9.15 Å². The highest BCUT2D eigenvalue weighted by atomic mass is 32.2. The number of nitrogens with one attached hydrogen (secondary N) is 1. The van der Waals surface area contributed by atoms with Crippen LogP contribution in [0.3, 0.4) is 0 Å². The number of rotatable bonds is 7. The number of ether oxygens (including phenoxy) is 1. The number of sulfonamides is 1. The van der Waals surface area contributed by atoms with Crippen molar-refractivity contribution < 1.29 is 17.6 Å². The van der Waals surface area contributed by atoms with E-state index in [0.717, 1.165) is 11.1 Å². The Bertz CT molecular complexity index is 979. The average Bonchev–Trinajstić information content (AvgIpc) is 3.08. The van der Waals surface area contributed by atoms with Crippen LogP contribution in [0.4, 0.5) is 0 Å². The minimum Gasteiger partial charge on any atom is -0.494 e. The molecule has 0 atom stereocenters. The molecule has 0 aliphatic carbocycles. The van der Waals surface area contributed by atoms with Gasteiger partial charge in [0.2, 0.25) is 10.0 Å². The quantitative estimate of drug-likeness (QED) is 0.686. The molecule has 0 unspecified atom stereocenters. The van der Waals surface area contributed by atoms with Crippen molar-refractivity contribution in [3.05, 3.63) is 66.2 Å². The molecular formula is C19H20N2O4S. The van der Waals surface area contributed by atoms with Crippen LogP contribution >= 0.6 is 0 Å². The minimum absolute atomic E-state index is 0.155. The molecule has 0 aliphatic heterocycles. The second kappa shape index (κ2) is 7.72. The molecule has 0 saturated heterocycles. The lowest BCUT2D eigenvalue weighted by Gasteiger charge is -2.11. The summed E-state index contributed by atoms with van der Waals surface area (Å²) >= 11 is 0. The standard InChI is InChI=1S/C19H20N2O4S/c1-3-24-19-7-5-4-6-16(19)12-20-26(22,23)17-10-8-15(9-11-17)18-13-25-14(2)21-18/h4-11,13,20H,3,12H2,1-2H3. The fourth-order valence-electron chi connectivity index (χ4n) is 2.50. The zero-order chi connectivity index (χ0) is 18.6. The highest BCUT2D eigenvalue weighted by Gasteiger charge is 2.15. The molecule has 7 heteroatoms. The normalized spacial score (nSPS) is 11.5. The Kier molecular flexibility index (Phi) is 5.39. The van der Waals surface area contributed by atoms with Crippen molar-refractivity contribution in [2.75, 3.05) is 6.61 Å². The summed E-state index contributed by atoms with van der Waals surface area (Å²) in [5.41, 5.74) is 2.25. The van der Waals surface area contributed by atoms with Crippen molar-refractivity contribution in [1.82, 2.24) is 9.71 Å². The molecule has 0 bridgehead atoms. The SMILES string of the molecule is CCOc1ccccc1CNS(=O)(=O)c1ccc(-c2coc(C)n2)cc1. The monoisotopic (exact) mass is 372 g/mol. The van der Waals surface area contributed by atoms with Gasteiger partial charge in [-0.15, -0.1) is 0 Å². The van der Waals surface area contributed by atoms with Crippen molar-refractivity contribution in [3.63, 3.8) is 0 Å². The van der Waals surface area contributed by atoms with Crippen LogP contribution in [0.15, 0.2) is 64.1 Å². The number of hydrogen-bond donors (Lipinski definition) is 1. The predicted molar refractivity (Wildman–Crippen MR) is 98.3 cm³/mol. The molecule has 2 aromatic carbocycles. The van der Waals surface area contributed by atoms with E-state index in [-0.39, 0.29) is 11.4 Å². The maximum Gasteiger partial charge on any atom is 0.240 e. The molecule has 1 heterocycles. The van der Waals surface area contributed by atoms with Gasteiger partial charge in [0.15, 0.2) is 5.89 Å². The second-order valence-corrected chi connectivity index (χ2v) is 7.41. The highest BCUT2D eigenvalue weighted by Crippen LogP contribution is 2.22. The van der Waals surface area contributed by atoms with Gasteiger partial charge in [-0.3, -0.25) is 0 Å². The molecule has 1 N–H and O–H groups in total. The second-order valence-electron chi connectivity index (χ2n) is 5.64. The van der Waals surface area contributed by atoms with Gasteiger partial charge in [0, 0.05) is 24.6 Å². The maximum atomic E-state index is 12.5. The zero-order valence-electron chi connectivity index (χ0n) is 14.6. The minimum atomic E-state index is -3.63. The summed E-state index contributed by atoms with van der Waals surface area (Å²) in [7, 11) is -3.63. The number of aryl methyl sites for hydroxylation is 1. The first-order valence-corrected chi connectivity index (χ1v) is 9.71. The molecule has 3 rings (SSSR count). The Morgan fingerprint density at radius 3 is 2.50 bits per heavy atom. The first kappa shape index (κ1) is 18.2. The van der Waals surface area contributed by atoms with E-state index in [9.17, 15) is 8.42 Å². The van der Waals surface area contributed by atoms with Gasteiger partial charge in [0.25, 0.3) is 0 Å². The van der Waals surface area contributed by atoms with Gasteiger partial charge in [-0.05, 0) is 25.1 Å². The van der Waals surface area contributed by atoms with Crippen molar-refractivity contribution in [2.24, 2.45) is 0 Å². The van der Waals surface area contributed by atoms with E-state index >= 15 is 0 Å². The molecule has 0 amide bonds. The molecule has 136 valence electrons. The lowest BCUT2D eigenvalue weighted by atomic mass is 10.2. The summed E-state index contributed by atoms with van der Waals surface area (Å²) < 4.78 is 38.4. The molecule has 3 aromatic rings. The molecule has 0 radical (unpaired) electrons. The Labute approximate surface area is 152 Å². The van der Waals surface area contributed by atoms with Gasteiger partial charge in [-0.2, -0.15) is 0 Å². The first-order chi connectivity index (χ1) is 12.5. The van der Waals surface area contributed by atoms with Gasteiger partial charge in [-0.1, -0.05) is 30.3 Å². The molecule has 0 spiro atoms. The smallest absolute Gasteiger partial charge is 0.240 e. The molecule has 26 heavy (non-hydrogen) atoms. The van der Waals surface area contributed by atoms with Crippen LogP contribution in [0.1, 0.15) is 18.4 Å². The topological polar surface area (TPSA) is 81.4 Å². The number of aromatic nitrogens is 1. The molecular weight excluding hydrogens is 352 g/mol. The van der Waals surface area contributed by atoms with Crippen LogP contribution in [-0.4, -0.2) is 20.0 Å². The van der Waals surface area contributed by atoms with E-state index in [4.69, 9.17) is 9.15 Å². The number of nitrogens with zero attached hydrogens (tertiary/aromatic N) is 1. The number of para-hydroxylation sites is 1. The molecule has 0 saturated carbocycles. The fourth-order valence-corrected chi connectivity index (χ4v) is 3.51. The van der Waals surface area contributed by atoms with Gasteiger partial charge in [-0.25, -0.2) is 18.1 Å². The highest BCUT2D eigenvalue weighted by molar-refractivity contribution is 7.89. The molecule has 0 aliphatic rings. The maximum absolute atomic E-state index is 12.5. The summed E-state index contributed by atoms with van der Waals surface area (Å²) in [5.74, 6) is 1.24. The van der Waals surface area contributed by atoms with E-state index in [1.165, 1.54) is 0 Å². The lowest BCUT2D eigenvalue weighted by molar-refractivity contribution is 0.336. The predicted octanol–water partition coefficient (Wildman–Crippen LogP) is 3.53. The third kappa shape index (κ3) is 4.12. The number of hydrogen-bond acceptors (Lipinski definition) is 5. The summed E-state index contributed by atoms with van der Waals surface area (Å²) in [6, 6.07) is 13.9. The van der Waals surface area contributed by atoms with Crippen molar-refractivity contribution in [2.45, 2.75) is 25.3 Å². The van der Waals surface area contributed by atoms with Crippen molar-refractivity contribution >= 4 is 10.0 Å². The van der Waals surface area contributed by atoms with E-state index in [1.807, 2.05) is 31.2 Å². The number of benzene rings is 2. The average molecular weight is 372 g/mol. The van der Waals surface area contributed by atoms with Crippen LogP contribution in [0.5, 0.6) is 5.75 Å². The summed E-state index contributed by atoms with van der Waals surface area (Å²) in [5, 5.41) is 0. The third-order valence-electron chi connectivity index (χ3n) is 3.80. The molecule has 6 nitrogen and oxygen atoms in total. The molecule has 1 aromatic heterocycles. The number of oxazole rings is 1. The fraction of sp³-hybridized carbons (Fsp3) is 0.211. The Balaban J connectivity index is 1.74. The lowest BCUT2D eigenvalue weighted by Crippen LogP contribution is -2.23. The van der Waals surface area contributed by atoms with E-state index in [1.54, 1.807) is 37.5 Å². The van der Waals surface area contributed by atoms with Crippen LogP contribution in [-0.2, 0) is 16.6 Å². The van der Waals surface area contributed by atoms with Crippen LogP contribution in [0.2, 0.25) is 0 Å². The Morgan fingerprint density at radius 1 is 1.12 bits per heavy atom. The van der Waals surface area contributed by atoms with Crippen LogP contribution in [0.25, 0.3) is 11.3 Å². The first-order valence-electron chi connectivity index (χ1n) is 8.22. The van der Waals surface area contributed by atoms with Crippen LogP contribution in [0, 0.1) is 6.92 Å². The Morgan fingerprint density at radius 2 is 1.85 bits per heavy atom. The zero-order valence-corrected chi connectivity index (χ0v) is 15.4. The summed E-state index contributed by atoms with van der Waals surface area (Å²) in [6.07, 6.45) is 1.54. The molecule has 0 fully saturated rings. The van der Waals surface area contributed by atoms with E-state index in [0.29, 0.717) is 23.9 Å². The Hall–Kier alpha value is -2.64. The van der Waals surface area contributed by atoms with Crippen molar-refractivity contribution in [3.8, 4) is 17.0 Å². The van der Waals surface area contributed by atoms with E-state index < -0.39 is 10.0 Å². The van der Waals surface area contributed by atoms with Gasteiger partial charge >= 0.3 is 0 Å². The van der Waals surface area contributed by atoms with Gasteiger partial charge in [0.1, 0.15) is 17.7 Å². The third-order valence-corrected chi connectivity index (χ3v) is 5.22. The van der Waals surface area contributed by atoms with E-state index in [2.05, 4.69) is 9.71 Å². The largest absolute Gasteiger partial charge is 0.494 e. The summed E-state index contributed by atoms with van der Waals surface area (Å²) in [6.45, 7) is 4.32. The summed E-state index contributed by atoms with van der Waals surface area (Å²) in [4.78, 5) is 4.42.